The molecule has 0 fully saturated rings. The minimum absolute atomic E-state index is 1.09. The quantitative estimate of drug-likeness (QED) is 0.141. The summed E-state index contributed by atoms with van der Waals surface area (Å²) in [5, 5.41) is 4.90. The Labute approximate surface area is 401 Å². The normalized spacial score (nSPS) is 11.5. The van der Waals surface area contributed by atoms with E-state index in [1.807, 2.05) is 0 Å². The van der Waals surface area contributed by atoms with Gasteiger partial charge in [-0.1, -0.05) is 170 Å². The van der Waals surface area contributed by atoms with E-state index in [2.05, 4.69) is 287 Å². The zero-order chi connectivity index (χ0) is 45.7. The monoisotopic (exact) mass is 879 g/mol. The molecule has 0 spiro atoms. The van der Waals surface area contributed by atoms with Crippen molar-refractivity contribution in [2.24, 2.45) is 0 Å². The van der Waals surface area contributed by atoms with Gasteiger partial charge in [0.1, 0.15) is 0 Å². The van der Waals surface area contributed by atoms with E-state index in [9.17, 15) is 0 Å². The van der Waals surface area contributed by atoms with E-state index < -0.39 is 0 Å². The van der Waals surface area contributed by atoms with Crippen LogP contribution in [0, 0.1) is 0 Å². The fraction of sp³-hybridized carbons (Fsp3) is 0. The molecule has 13 rings (SSSR count). The van der Waals surface area contributed by atoms with E-state index >= 15 is 0 Å². The fourth-order valence-electron chi connectivity index (χ4n) is 10.5. The highest BCUT2D eigenvalue weighted by atomic mass is 15.1. The van der Waals surface area contributed by atoms with Crippen LogP contribution < -0.4 is 4.90 Å². The van der Waals surface area contributed by atoms with Crippen molar-refractivity contribution in [3.05, 3.63) is 273 Å². The predicted molar refractivity (Wildman–Crippen MR) is 292 cm³/mol. The molecule has 0 aliphatic rings. The molecule has 0 saturated heterocycles. The highest BCUT2D eigenvalue weighted by molar-refractivity contribution is 6.13. The van der Waals surface area contributed by atoms with E-state index in [-0.39, 0.29) is 0 Å². The molecule has 0 unspecified atom stereocenters. The second kappa shape index (κ2) is 16.9. The number of fused-ring (bicyclic) bond motifs is 6. The lowest BCUT2D eigenvalue weighted by Crippen LogP contribution is -2.11. The third-order valence-corrected chi connectivity index (χ3v) is 13.7. The Morgan fingerprint density at radius 3 is 1.19 bits per heavy atom. The maximum Gasteiger partial charge on any atom is 0.0541 e. The van der Waals surface area contributed by atoms with Gasteiger partial charge in [-0.2, -0.15) is 0 Å². The lowest BCUT2D eigenvalue weighted by Gasteiger charge is -2.29. The van der Waals surface area contributed by atoms with Gasteiger partial charge in [-0.25, -0.2) is 0 Å². The Morgan fingerprint density at radius 1 is 0.232 bits per heavy atom. The van der Waals surface area contributed by atoms with Crippen LogP contribution in [0.3, 0.4) is 0 Å². The van der Waals surface area contributed by atoms with Crippen molar-refractivity contribution in [3.63, 3.8) is 0 Å². The smallest absolute Gasteiger partial charge is 0.0541 e. The van der Waals surface area contributed by atoms with Crippen molar-refractivity contribution in [2.45, 2.75) is 0 Å². The molecule has 0 N–H and O–H groups in total. The van der Waals surface area contributed by atoms with Gasteiger partial charge in [0, 0.05) is 49.9 Å². The van der Waals surface area contributed by atoms with Crippen LogP contribution in [0.2, 0.25) is 0 Å². The first-order valence-electron chi connectivity index (χ1n) is 23.7. The zero-order valence-electron chi connectivity index (χ0n) is 37.8. The molecule has 0 atom stereocenters. The van der Waals surface area contributed by atoms with Gasteiger partial charge in [0.2, 0.25) is 0 Å². The maximum absolute atomic E-state index is 2.43. The molecule has 69 heavy (non-hydrogen) atoms. The van der Waals surface area contributed by atoms with E-state index in [4.69, 9.17) is 0 Å². The standard InChI is InChI=1S/C66H45N3/c1-6-20-46(21-7-1)51-40-52(47-22-8-2-9-23-47)42-56(41-51)67(53-24-10-3-11-25-53)62-32-18-16-30-57(62)50-36-39-66-61(45-50)60-44-49(35-38-65(60)69(66)55-28-14-5-15-29-55)48-34-37-64-59(43-48)58-31-17-19-33-63(58)68(64)54-26-12-4-13-27-54/h1-45H. The molecule has 2 heterocycles. The lowest BCUT2D eigenvalue weighted by molar-refractivity contribution is 1.18. The summed E-state index contributed by atoms with van der Waals surface area (Å²) < 4.78 is 4.79. The molecule has 324 valence electrons. The fourth-order valence-corrected chi connectivity index (χ4v) is 10.5. The van der Waals surface area contributed by atoms with Crippen molar-refractivity contribution >= 4 is 60.7 Å². The summed E-state index contributed by atoms with van der Waals surface area (Å²) in [6.07, 6.45) is 0. The SMILES string of the molecule is c1ccc(-c2cc(-c3ccccc3)cc(N(c3ccccc3)c3ccccc3-c3ccc4c(c3)c3cc(-c5ccc6c(c5)c5ccccc5n6-c5ccccc5)ccc3n4-c3ccccc3)c2)cc1. The summed E-state index contributed by atoms with van der Waals surface area (Å²) in [6.45, 7) is 0. The number of para-hydroxylation sites is 5. The van der Waals surface area contributed by atoms with Crippen LogP contribution in [-0.4, -0.2) is 9.13 Å². The van der Waals surface area contributed by atoms with Crippen molar-refractivity contribution in [1.29, 1.82) is 0 Å². The second-order valence-corrected chi connectivity index (χ2v) is 17.7. The number of hydrogen-bond donors (Lipinski definition) is 0. The van der Waals surface area contributed by atoms with Crippen LogP contribution in [0.1, 0.15) is 0 Å². The first kappa shape index (κ1) is 40.1. The number of hydrogen-bond acceptors (Lipinski definition) is 1. The van der Waals surface area contributed by atoms with Crippen LogP contribution in [0.4, 0.5) is 17.1 Å². The largest absolute Gasteiger partial charge is 0.310 e. The molecule has 0 aliphatic carbocycles. The Hall–Kier alpha value is -9.18. The molecule has 2 aromatic heterocycles. The Balaban J connectivity index is 1.00. The van der Waals surface area contributed by atoms with Crippen molar-refractivity contribution in [3.8, 4) is 55.9 Å². The number of rotatable bonds is 9. The minimum atomic E-state index is 1.09. The van der Waals surface area contributed by atoms with Gasteiger partial charge in [0.05, 0.1) is 27.8 Å². The summed E-state index contributed by atoms with van der Waals surface area (Å²) >= 11 is 0. The molecule has 3 nitrogen and oxygen atoms in total. The van der Waals surface area contributed by atoms with Gasteiger partial charge in [-0.3, -0.25) is 0 Å². The Kier molecular flexibility index (Phi) is 9.84. The summed E-state index contributed by atoms with van der Waals surface area (Å²) in [7, 11) is 0. The highest BCUT2D eigenvalue weighted by Gasteiger charge is 2.21. The van der Waals surface area contributed by atoms with Crippen LogP contribution in [-0.2, 0) is 0 Å². The summed E-state index contributed by atoms with van der Waals surface area (Å²) in [5.41, 5.74) is 19.7. The van der Waals surface area contributed by atoms with E-state index in [0.717, 1.165) is 50.7 Å². The number of benzene rings is 11. The average Bonchev–Trinajstić information content (AvgIpc) is 3.94. The molecule has 0 amide bonds. The zero-order valence-corrected chi connectivity index (χ0v) is 37.8. The predicted octanol–water partition coefficient (Wildman–Crippen LogP) is 18.0. The lowest BCUT2D eigenvalue weighted by atomic mass is 9.96. The highest BCUT2D eigenvalue weighted by Crippen LogP contribution is 2.45. The minimum Gasteiger partial charge on any atom is -0.310 e. The van der Waals surface area contributed by atoms with E-state index in [1.54, 1.807) is 0 Å². The van der Waals surface area contributed by atoms with E-state index in [1.165, 1.54) is 65.9 Å². The van der Waals surface area contributed by atoms with E-state index in [0.29, 0.717) is 0 Å². The molecule has 3 heteroatoms. The van der Waals surface area contributed by atoms with Gasteiger partial charge < -0.3 is 14.0 Å². The number of anilines is 3. The maximum atomic E-state index is 2.43. The molecule has 0 aliphatic heterocycles. The van der Waals surface area contributed by atoms with Crippen molar-refractivity contribution < 1.29 is 0 Å². The first-order valence-corrected chi connectivity index (χ1v) is 23.7. The first-order chi connectivity index (χ1) is 34.2. The second-order valence-electron chi connectivity index (χ2n) is 17.7. The van der Waals surface area contributed by atoms with Crippen LogP contribution in [0.15, 0.2) is 273 Å². The number of aromatic nitrogens is 2. The Bertz CT molecular complexity index is 3930. The Morgan fingerprint density at radius 2 is 0.638 bits per heavy atom. The average molecular weight is 880 g/mol. The molecule has 0 bridgehead atoms. The van der Waals surface area contributed by atoms with Gasteiger partial charge in [-0.15, -0.1) is 0 Å². The molecule has 0 saturated carbocycles. The summed E-state index contributed by atoms with van der Waals surface area (Å²) in [4.78, 5) is 2.43. The third-order valence-electron chi connectivity index (χ3n) is 13.7. The van der Waals surface area contributed by atoms with Crippen LogP contribution >= 0.6 is 0 Å². The molecule has 11 aromatic carbocycles. The third kappa shape index (κ3) is 7.08. The van der Waals surface area contributed by atoms with Crippen molar-refractivity contribution in [1.82, 2.24) is 9.13 Å². The molecule has 0 radical (unpaired) electrons. The molecular formula is C66H45N3. The van der Waals surface area contributed by atoms with Crippen molar-refractivity contribution in [2.75, 3.05) is 4.90 Å². The number of nitrogens with zero attached hydrogens (tertiary/aromatic N) is 3. The molecule has 13 aromatic rings. The molecular weight excluding hydrogens is 835 g/mol. The van der Waals surface area contributed by atoms with Gasteiger partial charge in [0.15, 0.2) is 0 Å². The van der Waals surface area contributed by atoms with Gasteiger partial charge >= 0.3 is 0 Å². The summed E-state index contributed by atoms with van der Waals surface area (Å²) in [5.74, 6) is 0. The topological polar surface area (TPSA) is 13.1 Å². The van der Waals surface area contributed by atoms with Crippen LogP contribution in [0.25, 0.3) is 99.5 Å². The van der Waals surface area contributed by atoms with Gasteiger partial charge in [0.25, 0.3) is 0 Å². The van der Waals surface area contributed by atoms with Crippen LogP contribution in [0.5, 0.6) is 0 Å². The summed E-state index contributed by atoms with van der Waals surface area (Å²) in [6, 6.07) is 99.2. The van der Waals surface area contributed by atoms with Gasteiger partial charge in [-0.05, 0) is 142 Å².